The smallest absolute Gasteiger partial charge is 0.255 e. The summed E-state index contributed by atoms with van der Waals surface area (Å²) >= 11 is 0. The number of anilines is 1. The molecule has 7 nitrogen and oxygen atoms in total. The Kier molecular flexibility index (Phi) is 6.23. The van der Waals surface area contributed by atoms with E-state index in [2.05, 4.69) is 10.3 Å². The highest BCUT2D eigenvalue weighted by molar-refractivity contribution is 5.98. The average molecular weight is 389 g/mol. The number of carbonyl (C=O) groups excluding carboxylic acids is 2. The number of likely N-dealkylation sites (tertiary alicyclic amines) is 1. The molecule has 1 saturated heterocycles. The van der Waals surface area contributed by atoms with Gasteiger partial charge in [-0.1, -0.05) is 12.8 Å². The standard InChI is InChI=1S/C21H32N4O3/c1-21(2,28-3)20(27)25-12-10-14(11-13-25)17-9-8-16(18(22)24-17)19(26)23-15-6-4-5-7-15/h8-9,14-15H,4-7,10-13H2,1-3H3,(H2,22,24)(H,23,26). The second-order valence-corrected chi connectivity index (χ2v) is 8.40. The van der Waals surface area contributed by atoms with Gasteiger partial charge in [-0.3, -0.25) is 9.59 Å². The van der Waals surface area contributed by atoms with Gasteiger partial charge in [-0.2, -0.15) is 0 Å². The Bertz CT molecular complexity index is 720. The molecule has 0 spiro atoms. The Morgan fingerprint density at radius 2 is 1.82 bits per heavy atom. The molecule has 2 amide bonds. The highest BCUT2D eigenvalue weighted by atomic mass is 16.5. The number of pyridine rings is 1. The zero-order valence-electron chi connectivity index (χ0n) is 17.2. The number of ether oxygens (including phenoxy) is 1. The molecule has 2 heterocycles. The van der Waals surface area contributed by atoms with Crippen molar-refractivity contribution in [2.24, 2.45) is 0 Å². The number of methoxy groups -OCH3 is 1. The number of hydrogen-bond donors (Lipinski definition) is 2. The van der Waals surface area contributed by atoms with Crippen LogP contribution in [0.4, 0.5) is 5.82 Å². The summed E-state index contributed by atoms with van der Waals surface area (Å²) in [5.74, 6) is 0.404. The molecule has 2 fully saturated rings. The lowest BCUT2D eigenvalue weighted by molar-refractivity contribution is -0.152. The quantitative estimate of drug-likeness (QED) is 0.807. The van der Waals surface area contributed by atoms with Crippen molar-refractivity contribution in [2.45, 2.75) is 69.9 Å². The first-order valence-corrected chi connectivity index (χ1v) is 10.2. The molecule has 0 bridgehead atoms. The molecule has 3 N–H and O–H groups in total. The largest absolute Gasteiger partial charge is 0.383 e. The van der Waals surface area contributed by atoms with Crippen LogP contribution < -0.4 is 11.1 Å². The number of aromatic nitrogens is 1. The van der Waals surface area contributed by atoms with E-state index in [0.717, 1.165) is 31.4 Å². The molecule has 28 heavy (non-hydrogen) atoms. The monoisotopic (exact) mass is 388 g/mol. The third-order valence-electron chi connectivity index (χ3n) is 6.11. The number of rotatable bonds is 5. The zero-order chi connectivity index (χ0) is 20.3. The van der Waals surface area contributed by atoms with Crippen LogP contribution in [0.25, 0.3) is 0 Å². The topological polar surface area (TPSA) is 97.5 Å². The first-order chi connectivity index (χ1) is 13.3. The van der Waals surface area contributed by atoms with Gasteiger partial charge in [0.25, 0.3) is 11.8 Å². The zero-order valence-corrected chi connectivity index (χ0v) is 17.2. The van der Waals surface area contributed by atoms with Crippen LogP contribution in [0.3, 0.4) is 0 Å². The molecule has 1 aliphatic carbocycles. The summed E-state index contributed by atoms with van der Waals surface area (Å²) in [6.07, 6.45) is 6.06. The minimum Gasteiger partial charge on any atom is -0.383 e. The van der Waals surface area contributed by atoms with E-state index in [1.807, 2.05) is 11.0 Å². The lowest BCUT2D eigenvalue weighted by atomic mass is 9.91. The third kappa shape index (κ3) is 4.46. The van der Waals surface area contributed by atoms with Crippen LogP contribution in [0.1, 0.15) is 74.3 Å². The average Bonchev–Trinajstić information content (AvgIpc) is 3.20. The van der Waals surface area contributed by atoms with Crippen LogP contribution >= 0.6 is 0 Å². The van der Waals surface area contributed by atoms with Gasteiger partial charge >= 0.3 is 0 Å². The Hall–Kier alpha value is -2.15. The second-order valence-electron chi connectivity index (χ2n) is 8.40. The molecule has 0 atom stereocenters. The van der Waals surface area contributed by atoms with Crippen molar-refractivity contribution >= 4 is 17.6 Å². The highest BCUT2D eigenvalue weighted by Gasteiger charge is 2.34. The van der Waals surface area contributed by atoms with Crippen molar-refractivity contribution in [1.82, 2.24) is 15.2 Å². The van der Waals surface area contributed by atoms with Crippen molar-refractivity contribution in [1.29, 1.82) is 0 Å². The number of nitrogen functional groups attached to an aromatic ring is 1. The van der Waals surface area contributed by atoms with Gasteiger partial charge in [-0.25, -0.2) is 4.98 Å². The molecule has 154 valence electrons. The summed E-state index contributed by atoms with van der Waals surface area (Å²) in [6.45, 7) is 4.92. The van der Waals surface area contributed by atoms with Gasteiger partial charge in [0.2, 0.25) is 0 Å². The molecule has 3 rings (SSSR count). The van der Waals surface area contributed by atoms with Crippen molar-refractivity contribution in [2.75, 3.05) is 25.9 Å². The molecule has 0 unspecified atom stereocenters. The van der Waals surface area contributed by atoms with Crippen LogP contribution in [0.15, 0.2) is 12.1 Å². The Balaban J connectivity index is 1.60. The minimum absolute atomic E-state index is 0.0138. The number of carbonyl (C=O) groups is 2. The van der Waals surface area contributed by atoms with Gasteiger partial charge in [-0.15, -0.1) is 0 Å². The van der Waals surface area contributed by atoms with Gasteiger partial charge in [0.15, 0.2) is 0 Å². The number of hydrogen-bond acceptors (Lipinski definition) is 5. The van der Waals surface area contributed by atoms with E-state index in [0.29, 0.717) is 18.7 Å². The van der Waals surface area contributed by atoms with Gasteiger partial charge in [0.1, 0.15) is 11.4 Å². The predicted molar refractivity (Wildman–Crippen MR) is 108 cm³/mol. The fourth-order valence-corrected chi connectivity index (χ4v) is 4.09. The first-order valence-electron chi connectivity index (χ1n) is 10.2. The van der Waals surface area contributed by atoms with Gasteiger partial charge in [0, 0.05) is 37.9 Å². The first kappa shape index (κ1) is 20.6. The van der Waals surface area contributed by atoms with E-state index in [1.54, 1.807) is 27.0 Å². The van der Waals surface area contributed by atoms with Crippen molar-refractivity contribution < 1.29 is 14.3 Å². The van der Waals surface area contributed by atoms with Gasteiger partial charge in [0.05, 0.1) is 5.56 Å². The second kappa shape index (κ2) is 8.47. The minimum atomic E-state index is -0.802. The van der Waals surface area contributed by atoms with Crippen LogP contribution in [-0.4, -0.2) is 53.5 Å². The van der Waals surface area contributed by atoms with Gasteiger partial charge < -0.3 is 20.7 Å². The lowest BCUT2D eigenvalue weighted by Gasteiger charge is -2.36. The van der Waals surface area contributed by atoms with E-state index in [1.165, 1.54) is 12.8 Å². The molecule has 7 heteroatoms. The molecule has 2 aliphatic rings. The summed E-state index contributed by atoms with van der Waals surface area (Å²) < 4.78 is 5.30. The third-order valence-corrected chi connectivity index (χ3v) is 6.11. The molecule has 0 aromatic carbocycles. The maximum atomic E-state index is 12.5. The van der Waals surface area contributed by atoms with Crippen LogP contribution in [-0.2, 0) is 9.53 Å². The summed E-state index contributed by atoms with van der Waals surface area (Å²) in [5.41, 5.74) is 6.64. The van der Waals surface area contributed by atoms with Crippen LogP contribution in [0.5, 0.6) is 0 Å². The van der Waals surface area contributed by atoms with Crippen molar-refractivity contribution in [3.63, 3.8) is 0 Å². The Morgan fingerprint density at radius 3 is 2.39 bits per heavy atom. The highest BCUT2D eigenvalue weighted by Crippen LogP contribution is 2.29. The molecular formula is C21H32N4O3. The predicted octanol–water partition coefficient (Wildman–Crippen LogP) is 2.47. The Labute approximate surface area is 167 Å². The Morgan fingerprint density at radius 1 is 1.18 bits per heavy atom. The number of nitrogens with one attached hydrogen (secondary N) is 1. The summed E-state index contributed by atoms with van der Waals surface area (Å²) in [5, 5.41) is 3.06. The maximum Gasteiger partial charge on any atom is 0.255 e. The molecule has 1 saturated carbocycles. The van der Waals surface area contributed by atoms with E-state index in [9.17, 15) is 9.59 Å². The summed E-state index contributed by atoms with van der Waals surface area (Å²) in [6, 6.07) is 3.94. The van der Waals surface area contributed by atoms with Gasteiger partial charge in [-0.05, 0) is 51.7 Å². The van der Waals surface area contributed by atoms with Crippen molar-refractivity contribution in [3.8, 4) is 0 Å². The van der Waals surface area contributed by atoms with E-state index >= 15 is 0 Å². The van der Waals surface area contributed by atoms with Crippen molar-refractivity contribution in [3.05, 3.63) is 23.4 Å². The number of amides is 2. The molecule has 0 radical (unpaired) electrons. The van der Waals surface area contributed by atoms with E-state index < -0.39 is 5.60 Å². The normalized spacial score (nSPS) is 19.0. The fraction of sp³-hybridized carbons (Fsp3) is 0.667. The van der Waals surface area contributed by atoms with E-state index in [-0.39, 0.29) is 29.6 Å². The van der Waals surface area contributed by atoms with E-state index in [4.69, 9.17) is 10.5 Å². The molecule has 1 aliphatic heterocycles. The number of piperidine rings is 1. The number of nitrogens with zero attached hydrogens (tertiary/aromatic N) is 2. The SMILES string of the molecule is COC(C)(C)C(=O)N1CCC(c2ccc(C(=O)NC3CCCC3)c(N)n2)CC1. The molecular weight excluding hydrogens is 356 g/mol. The molecule has 1 aromatic heterocycles. The number of nitrogens with two attached hydrogens (primary N) is 1. The van der Waals surface area contributed by atoms with Crippen LogP contribution in [0.2, 0.25) is 0 Å². The van der Waals surface area contributed by atoms with Crippen LogP contribution in [0, 0.1) is 0 Å². The maximum absolute atomic E-state index is 12.5. The fourth-order valence-electron chi connectivity index (χ4n) is 4.09. The molecule has 1 aromatic rings. The lowest BCUT2D eigenvalue weighted by Crippen LogP contribution is -2.49. The summed E-state index contributed by atoms with van der Waals surface area (Å²) in [4.78, 5) is 31.4. The summed E-state index contributed by atoms with van der Waals surface area (Å²) in [7, 11) is 1.56.